The molecule has 0 unspecified atom stereocenters. The highest BCUT2D eigenvalue weighted by molar-refractivity contribution is 7.99. The van der Waals surface area contributed by atoms with Gasteiger partial charge in [0.2, 0.25) is 5.65 Å². The van der Waals surface area contributed by atoms with Crippen LogP contribution in [0.5, 0.6) is 0 Å². The lowest BCUT2D eigenvalue weighted by atomic mass is 10.1. The molecule has 0 bridgehead atoms. The molecule has 1 saturated heterocycles. The molecule has 0 aliphatic carbocycles. The minimum absolute atomic E-state index is 0.291. The van der Waals surface area contributed by atoms with E-state index in [9.17, 15) is 14.6 Å². The van der Waals surface area contributed by atoms with Gasteiger partial charge in [0, 0.05) is 24.7 Å². The first-order valence-electron chi connectivity index (χ1n) is 7.79. The van der Waals surface area contributed by atoms with Gasteiger partial charge < -0.3 is 15.5 Å². The molecule has 0 radical (unpaired) electrons. The predicted octanol–water partition coefficient (Wildman–Crippen LogP) is 1.39. The normalized spacial score (nSPS) is 23.2. The monoisotopic (exact) mass is 361 g/mol. The van der Waals surface area contributed by atoms with E-state index in [-0.39, 0.29) is 11.1 Å². The van der Waals surface area contributed by atoms with Gasteiger partial charge in [-0.05, 0) is 17.7 Å². The van der Waals surface area contributed by atoms with E-state index >= 15 is 0 Å². The summed E-state index contributed by atoms with van der Waals surface area (Å²) in [7, 11) is 0. The highest BCUT2D eigenvalue weighted by atomic mass is 32.2. The summed E-state index contributed by atoms with van der Waals surface area (Å²) in [5.74, 6) is 1.25. The maximum atomic E-state index is 13.3. The Hall–Kier alpha value is -2.23. The molecule has 2 aromatic heterocycles. The van der Waals surface area contributed by atoms with E-state index in [1.165, 1.54) is 23.9 Å². The van der Waals surface area contributed by atoms with Crippen molar-refractivity contribution in [3.63, 3.8) is 0 Å². The number of rotatable bonds is 4. The minimum atomic E-state index is -0.880. The van der Waals surface area contributed by atoms with Crippen LogP contribution in [0.3, 0.4) is 0 Å². The Morgan fingerprint density at radius 2 is 2.20 bits per heavy atom. The molecule has 7 nitrogen and oxygen atoms in total. The van der Waals surface area contributed by atoms with Crippen molar-refractivity contribution in [1.29, 1.82) is 0 Å². The van der Waals surface area contributed by atoms with Crippen LogP contribution in [-0.4, -0.2) is 47.8 Å². The van der Waals surface area contributed by atoms with Crippen LogP contribution in [-0.2, 0) is 6.54 Å². The fraction of sp³-hybridized carbons (Fsp3) is 0.312. The second-order valence-corrected chi connectivity index (χ2v) is 7.00. The second kappa shape index (κ2) is 6.58. The van der Waals surface area contributed by atoms with E-state index in [1.807, 2.05) is 6.07 Å². The molecule has 3 atom stereocenters. The van der Waals surface area contributed by atoms with Gasteiger partial charge in [0.25, 0.3) is 0 Å². The van der Waals surface area contributed by atoms with E-state index < -0.39 is 12.2 Å². The molecule has 130 valence electrons. The van der Waals surface area contributed by atoms with Gasteiger partial charge in [0.15, 0.2) is 11.6 Å². The first kappa shape index (κ1) is 16.2. The zero-order valence-corrected chi connectivity index (χ0v) is 13.9. The second-order valence-electron chi connectivity index (χ2n) is 5.82. The SMILES string of the molecule is O[C@@H]1[C@H](O)CS[C@H]1c1nnc2c(NCc3cccc(F)c3)nccn12. The van der Waals surface area contributed by atoms with Gasteiger partial charge in [-0.3, -0.25) is 4.40 Å². The summed E-state index contributed by atoms with van der Waals surface area (Å²) in [6.07, 6.45) is 1.68. The number of aromatic nitrogens is 4. The Bertz CT molecular complexity index is 905. The fourth-order valence-corrected chi connectivity index (χ4v) is 4.11. The zero-order valence-electron chi connectivity index (χ0n) is 13.1. The number of fused-ring (bicyclic) bond motifs is 1. The molecule has 1 aliphatic rings. The van der Waals surface area contributed by atoms with Gasteiger partial charge in [0.05, 0.1) is 17.5 Å². The molecular weight excluding hydrogens is 345 g/mol. The molecule has 3 aromatic rings. The summed E-state index contributed by atoms with van der Waals surface area (Å²) in [6, 6.07) is 6.32. The van der Waals surface area contributed by atoms with E-state index in [4.69, 9.17) is 0 Å². The number of thioether (sulfide) groups is 1. The maximum absolute atomic E-state index is 13.3. The largest absolute Gasteiger partial charge is 0.390 e. The van der Waals surface area contributed by atoms with Crippen LogP contribution >= 0.6 is 11.8 Å². The molecule has 3 heterocycles. The number of aliphatic hydroxyl groups is 2. The van der Waals surface area contributed by atoms with Crippen LogP contribution in [0.2, 0.25) is 0 Å². The molecular formula is C16H16FN5O2S. The van der Waals surface area contributed by atoms with E-state index in [2.05, 4.69) is 20.5 Å². The van der Waals surface area contributed by atoms with Gasteiger partial charge in [-0.25, -0.2) is 9.37 Å². The summed E-state index contributed by atoms with van der Waals surface area (Å²) in [5, 5.41) is 31.0. The number of anilines is 1. The van der Waals surface area contributed by atoms with Crippen molar-refractivity contribution in [2.45, 2.75) is 24.0 Å². The number of aliphatic hydroxyl groups excluding tert-OH is 2. The van der Waals surface area contributed by atoms with Gasteiger partial charge in [-0.1, -0.05) is 12.1 Å². The molecule has 4 rings (SSSR count). The van der Waals surface area contributed by atoms with Crippen LogP contribution in [0.15, 0.2) is 36.7 Å². The Morgan fingerprint density at radius 1 is 1.32 bits per heavy atom. The Balaban J connectivity index is 1.61. The highest BCUT2D eigenvalue weighted by Crippen LogP contribution is 2.39. The van der Waals surface area contributed by atoms with Crippen molar-refractivity contribution in [3.05, 3.63) is 53.9 Å². The van der Waals surface area contributed by atoms with Crippen LogP contribution < -0.4 is 5.32 Å². The van der Waals surface area contributed by atoms with Crippen molar-refractivity contribution in [1.82, 2.24) is 19.6 Å². The summed E-state index contributed by atoms with van der Waals surface area (Å²) in [5.41, 5.74) is 1.30. The molecule has 1 aliphatic heterocycles. The lowest BCUT2D eigenvalue weighted by Gasteiger charge is -2.13. The summed E-state index contributed by atoms with van der Waals surface area (Å²) >= 11 is 1.44. The van der Waals surface area contributed by atoms with Gasteiger partial charge in [-0.15, -0.1) is 22.0 Å². The minimum Gasteiger partial charge on any atom is -0.390 e. The average Bonchev–Trinajstić information content (AvgIpc) is 3.17. The molecule has 0 saturated carbocycles. The van der Waals surface area contributed by atoms with E-state index in [0.717, 1.165) is 5.56 Å². The first-order valence-corrected chi connectivity index (χ1v) is 8.84. The van der Waals surface area contributed by atoms with Crippen molar-refractivity contribution in [2.24, 2.45) is 0 Å². The quantitative estimate of drug-likeness (QED) is 0.646. The van der Waals surface area contributed by atoms with Gasteiger partial charge in [-0.2, -0.15) is 0 Å². The maximum Gasteiger partial charge on any atom is 0.203 e. The average molecular weight is 361 g/mol. The van der Waals surface area contributed by atoms with Gasteiger partial charge in [0.1, 0.15) is 5.82 Å². The third-order valence-electron chi connectivity index (χ3n) is 4.11. The van der Waals surface area contributed by atoms with Crippen molar-refractivity contribution in [3.8, 4) is 0 Å². The number of hydrogen-bond acceptors (Lipinski definition) is 7. The number of benzene rings is 1. The standard InChI is InChI=1S/C16H16FN5O2S/c17-10-3-1-2-9(6-10)7-19-14-16-21-20-15(22(16)5-4-18-14)13-12(24)11(23)8-25-13/h1-6,11-13,23-24H,7-8H2,(H,18,19)/t11-,12-,13-/m1/s1. The summed E-state index contributed by atoms with van der Waals surface area (Å²) in [4.78, 5) is 4.27. The van der Waals surface area contributed by atoms with Crippen LogP contribution in [0.1, 0.15) is 16.6 Å². The molecule has 25 heavy (non-hydrogen) atoms. The predicted molar refractivity (Wildman–Crippen MR) is 91.7 cm³/mol. The summed E-state index contributed by atoms with van der Waals surface area (Å²) in [6.45, 7) is 0.395. The number of nitrogens with one attached hydrogen (secondary N) is 1. The van der Waals surface area contributed by atoms with Crippen LogP contribution in [0.4, 0.5) is 10.2 Å². The van der Waals surface area contributed by atoms with E-state index in [1.54, 1.807) is 22.9 Å². The van der Waals surface area contributed by atoms with Crippen LogP contribution in [0.25, 0.3) is 5.65 Å². The fourth-order valence-electron chi connectivity index (χ4n) is 2.82. The lowest BCUT2D eigenvalue weighted by Crippen LogP contribution is -2.25. The molecule has 1 aromatic carbocycles. The van der Waals surface area contributed by atoms with Crippen molar-refractivity contribution >= 4 is 23.2 Å². The van der Waals surface area contributed by atoms with Crippen LogP contribution in [0, 0.1) is 5.82 Å². The topological polar surface area (TPSA) is 95.6 Å². The third-order valence-corrected chi connectivity index (χ3v) is 5.49. The molecule has 3 N–H and O–H groups in total. The Labute approximate surface area is 146 Å². The van der Waals surface area contributed by atoms with Gasteiger partial charge >= 0.3 is 0 Å². The van der Waals surface area contributed by atoms with Crippen molar-refractivity contribution < 1.29 is 14.6 Å². The smallest absolute Gasteiger partial charge is 0.203 e. The van der Waals surface area contributed by atoms with Crippen molar-refractivity contribution in [2.75, 3.05) is 11.1 Å². The highest BCUT2D eigenvalue weighted by Gasteiger charge is 2.38. The molecule has 1 fully saturated rings. The Kier molecular flexibility index (Phi) is 4.28. The third kappa shape index (κ3) is 3.06. The number of halogens is 1. The molecule has 9 heteroatoms. The lowest BCUT2D eigenvalue weighted by molar-refractivity contribution is 0.0404. The molecule has 0 spiro atoms. The molecule has 0 amide bonds. The zero-order chi connectivity index (χ0) is 17.4. The Morgan fingerprint density at radius 3 is 2.96 bits per heavy atom. The summed E-state index contributed by atoms with van der Waals surface area (Å²) < 4.78 is 15.0. The number of hydrogen-bond donors (Lipinski definition) is 3. The van der Waals surface area contributed by atoms with E-state index in [0.29, 0.717) is 29.6 Å². The number of nitrogens with zero attached hydrogens (tertiary/aromatic N) is 4. The first-order chi connectivity index (χ1) is 12.1.